The Morgan fingerprint density at radius 3 is 2.68 bits per heavy atom. The molecule has 19 heavy (non-hydrogen) atoms. The number of nitrogens with zero attached hydrogens (tertiary/aromatic N) is 2. The molecule has 0 aliphatic heterocycles. The zero-order valence-electron chi connectivity index (χ0n) is 11.0. The van der Waals surface area contributed by atoms with Gasteiger partial charge in [-0.3, -0.25) is 4.79 Å². The van der Waals surface area contributed by atoms with Crippen molar-refractivity contribution in [3.8, 4) is 6.07 Å². The largest absolute Gasteiger partial charge is 0.396 e. The number of amides is 1. The number of carbonyl (C=O) groups is 1. The first kappa shape index (κ1) is 13.7. The van der Waals surface area contributed by atoms with Crippen molar-refractivity contribution >= 4 is 27.9 Å². The summed E-state index contributed by atoms with van der Waals surface area (Å²) < 4.78 is 0. The second-order valence-corrected chi connectivity index (χ2v) is 5.84. The van der Waals surface area contributed by atoms with E-state index in [0.29, 0.717) is 16.4 Å². The summed E-state index contributed by atoms with van der Waals surface area (Å²) in [7, 11) is 0. The van der Waals surface area contributed by atoms with Gasteiger partial charge in [-0.05, 0) is 25.7 Å². The van der Waals surface area contributed by atoms with Gasteiger partial charge in [0, 0.05) is 13.1 Å². The Bertz CT molecular complexity index is 527. The van der Waals surface area contributed by atoms with Gasteiger partial charge in [-0.15, -0.1) is 11.3 Å². The maximum atomic E-state index is 11.6. The molecule has 1 aliphatic carbocycles. The van der Waals surface area contributed by atoms with Crippen molar-refractivity contribution in [2.45, 2.75) is 26.2 Å². The number of rotatable bonds is 5. The Kier molecular flexibility index (Phi) is 3.96. The molecule has 1 fully saturated rings. The van der Waals surface area contributed by atoms with Crippen LogP contribution < -0.4 is 16.4 Å². The lowest BCUT2D eigenvalue weighted by Crippen LogP contribution is -2.33. The molecule has 1 saturated carbocycles. The molecule has 0 atom stereocenters. The van der Waals surface area contributed by atoms with Crippen LogP contribution in [0.15, 0.2) is 0 Å². The Balaban J connectivity index is 2.35. The number of nitrogen functional groups attached to an aromatic ring is 1. The smallest absolute Gasteiger partial charge is 0.253 e. The van der Waals surface area contributed by atoms with Crippen molar-refractivity contribution in [1.29, 1.82) is 5.26 Å². The van der Waals surface area contributed by atoms with Crippen molar-refractivity contribution in [2.24, 2.45) is 11.7 Å². The summed E-state index contributed by atoms with van der Waals surface area (Å²) in [5.41, 5.74) is 11.8. The molecular formula is C13H18N4OS. The first-order chi connectivity index (χ1) is 9.08. The van der Waals surface area contributed by atoms with Gasteiger partial charge in [0.2, 0.25) is 0 Å². The minimum absolute atomic E-state index is 0.224. The first-order valence-electron chi connectivity index (χ1n) is 6.45. The molecule has 0 aromatic carbocycles. The lowest BCUT2D eigenvalue weighted by atomic mass is 9.85. The maximum absolute atomic E-state index is 11.6. The zero-order valence-corrected chi connectivity index (χ0v) is 11.8. The van der Waals surface area contributed by atoms with Gasteiger partial charge in [-0.2, -0.15) is 5.26 Å². The molecule has 5 nitrogen and oxygen atoms in total. The van der Waals surface area contributed by atoms with E-state index in [-0.39, 0.29) is 5.69 Å². The van der Waals surface area contributed by atoms with Crippen LogP contribution in [0.25, 0.3) is 0 Å². The molecule has 0 saturated heterocycles. The third-order valence-electron chi connectivity index (χ3n) is 3.65. The second kappa shape index (κ2) is 5.49. The molecule has 0 radical (unpaired) electrons. The minimum Gasteiger partial charge on any atom is -0.396 e. The van der Waals surface area contributed by atoms with Gasteiger partial charge in [-0.1, -0.05) is 6.42 Å². The Labute approximate surface area is 116 Å². The summed E-state index contributed by atoms with van der Waals surface area (Å²) in [5.74, 6) is 0.117. The molecular weight excluding hydrogens is 260 g/mol. The van der Waals surface area contributed by atoms with Crippen molar-refractivity contribution < 1.29 is 4.79 Å². The number of nitriles is 1. The summed E-state index contributed by atoms with van der Waals surface area (Å²) in [6, 6.07) is 2.03. The molecule has 0 bridgehead atoms. The van der Waals surface area contributed by atoms with Crippen molar-refractivity contribution in [1.82, 2.24) is 0 Å². The molecule has 1 heterocycles. The lowest BCUT2D eigenvalue weighted by Gasteiger charge is -2.32. The molecule has 1 aromatic rings. The molecule has 1 aliphatic rings. The Hall–Kier alpha value is -1.74. The van der Waals surface area contributed by atoms with Crippen molar-refractivity contribution in [3.63, 3.8) is 0 Å². The van der Waals surface area contributed by atoms with Crippen molar-refractivity contribution in [3.05, 3.63) is 10.4 Å². The van der Waals surface area contributed by atoms with E-state index in [1.54, 1.807) is 0 Å². The number of primary amides is 1. The van der Waals surface area contributed by atoms with Crippen LogP contribution in [0.2, 0.25) is 0 Å². The summed E-state index contributed by atoms with van der Waals surface area (Å²) in [6.45, 7) is 3.72. The third-order valence-corrected chi connectivity index (χ3v) is 4.82. The number of hydrogen-bond donors (Lipinski definition) is 2. The van der Waals surface area contributed by atoms with Crippen LogP contribution in [0.4, 0.5) is 10.7 Å². The summed E-state index contributed by atoms with van der Waals surface area (Å²) in [4.78, 5) is 14.1. The van der Waals surface area contributed by atoms with Gasteiger partial charge in [0.1, 0.15) is 15.9 Å². The second-order valence-electron chi connectivity index (χ2n) is 4.84. The summed E-state index contributed by atoms with van der Waals surface area (Å²) in [5, 5.41) is 9.79. The normalized spacial score (nSPS) is 14.7. The number of carbonyl (C=O) groups excluding carboxylic acids is 1. The fourth-order valence-electron chi connectivity index (χ4n) is 2.32. The summed E-state index contributed by atoms with van der Waals surface area (Å²) >= 11 is 1.26. The van der Waals surface area contributed by atoms with E-state index in [1.165, 1.54) is 30.6 Å². The third kappa shape index (κ3) is 2.51. The van der Waals surface area contributed by atoms with Crippen molar-refractivity contribution in [2.75, 3.05) is 23.7 Å². The molecule has 6 heteroatoms. The number of hydrogen-bond acceptors (Lipinski definition) is 5. The van der Waals surface area contributed by atoms with Gasteiger partial charge >= 0.3 is 0 Å². The quantitative estimate of drug-likeness (QED) is 0.860. The van der Waals surface area contributed by atoms with Crippen LogP contribution in [0.5, 0.6) is 0 Å². The lowest BCUT2D eigenvalue weighted by molar-refractivity contribution is 0.100. The minimum atomic E-state index is -0.558. The molecule has 1 aromatic heterocycles. The maximum Gasteiger partial charge on any atom is 0.253 e. The highest BCUT2D eigenvalue weighted by Gasteiger charge is 2.26. The average Bonchev–Trinajstić information content (AvgIpc) is 2.65. The van der Waals surface area contributed by atoms with Crippen LogP contribution >= 0.6 is 11.3 Å². The monoisotopic (exact) mass is 278 g/mol. The average molecular weight is 278 g/mol. The first-order valence-corrected chi connectivity index (χ1v) is 7.27. The van der Waals surface area contributed by atoms with Gasteiger partial charge in [-0.25, -0.2) is 0 Å². The fourth-order valence-corrected chi connectivity index (χ4v) is 3.41. The fraction of sp³-hybridized carbons (Fsp3) is 0.538. The van der Waals surface area contributed by atoms with Crippen LogP contribution in [0, 0.1) is 17.2 Å². The topological polar surface area (TPSA) is 96.1 Å². The van der Waals surface area contributed by atoms with E-state index in [1.807, 2.05) is 13.0 Å². The van der Waals surface area contributed by atoms with Crippen LogP contribution in [-0.4, -0.2) is 19.0 Å². The molecule has 0 unspecified atom stereocenters. The molecule has 0 spiro atoms. The highest BCUT2D eigenvalue weighted by atomic mass is 32.1. The van der Waals surface area contributed by atoms with E-state index in [4.69, 9.17) is 16.7 Å². The van der Waals surface area contributed by atoms with E-state index < -0.39 is 5.91 Å². The summed E-state index contributed by atoms with van der Waals surface area (Å²) in [6.07, 6.45) is 3.74. The van der Waals surface area contributed by atoms with Gasteiger partial charge in [0.05, 0.1) is 11.3 Å². The number of anilines is 2. The van der Waals surface area contributed by atoms with Gasteiger partial charge in [0.15, 0.2) is 0 Å². The SMILES string of the molecule is CCN(CC1CCC1)c1sc(C#N)c(N)c1C(N)=O. The Morgan fingerprint density at radius 1 is 1.58 bits per heavy atom. The van der Waals surface area contributed by atoms with Gasteiger partial charge < -0.3 is 16.4 Å². The van der Waals surface area contributed by atoms with E-state index in [2.05, 4.69) is 4.90 Å². The standard InChI is InChI=1S/C13H18N4OS/c1-2-17(7-8-4-3-5-8)13-10(12(16)18)11(15)9(6-14)19-13/h8H,2-5,7,15H2,1H3,(H2,16,18). The predicted octanol–water partition coefficient (Wildman–Crippen LogP) is 1.93. The Morgan fingerprint density at radius 2 is 2.26 bits per heavy atom. The molecule has 4 N–H and O–H groups in total. The molecule has 1 amide bonds. The number of thiophene rings is 1. The van der Waals surface area contributed by atoms with Crippen LogP contribution in [-0.2, 0) is 0 Å². The highest BCUT2D eigenvalue weighted by Crippen LogP contribution is 2.39. The van der Waals surface area contributed by atoms with Crippen LogP contribution in [0.1, 0.15) is 41.4 Å². The number of nitrogens with two attached hydrogens (primary N) is 2. The van der Waals surface area contributed by atoms with E-state index >= 15 is 0 Å². The predicted molar refractivity (Wildman–Crippen MR) is 77.2 cm³/mol. The van der Waals surface area contributed by atoms with Crippen LogP contribution in [0.3, 0.4) is 0 Å². The molecule has 102 valence electrons. The van der Waals surface area contributed by atoms with Gasteiger partial charge in [0.25, 0.3) is 5.91 Å². The van der Waals surface area contributed by atoms with E-state index in [9.17, 15) is 4.79 Å². The highest BCUT2D eigenvalue weighted by molar-refractivity contribution is 7.17. The molecule has 2 rings (SSSR count). The van der Waals surface area contributed by atoms with E-state index in [0.717, 1.165) is 18.1 Å². The zero-order chi connectivity index (χ0) is 14.0.